The summed E-state index contributed by atoms with van der Waals surface area (Å²) in [7, 11) is 0. The molecular formula is C10H15NOS2. The molecule has 0 fully saturated rings. The van der Waals surface area contributed by atoms with Crippen LogP contribution in [-0.4, -0.2) is 17.4 Å². The minimum absolute atomic E-state index is 0.0373. The number of rotatable bonds is 4. The first-order chi connectivity index (χ1) is 6.65. The van der Waals surface area contributed by atoms with Crippen LogP contribution in [0.4, 0.5) is 0 Å². The van der Waals surface area contributed by atoms with E-state index in [0.29, 0.717) is 6.54 Å². The Balaban J connectivity index is 2.41. The number of carbonyl (C=O) groups is 1. The highest BCUT2D eigenvalue weighted by Crippen LogP contribution is 2.15. The van der Waals surface area contributed by atoms with Gasteiger partial charge in [-0.3, -0.25) is 4.79 Å². The van der Waals surface area contributed by atoms with E-state index in [1.165, 1.54) is 10.4 Å². The number of hydrogen-bond acceptors (Lipinski definition) is 3. The quantitative estimate of drug-likeness (QED) is 0.859. The first-order valence-electron chi connectivity index (χ1n) is 4.48. The normalized spacial score (nSPS) is 12.5. The molecule has 0 aliphatic rings. The number of thioether (sulfide) groups is 1. The van der Waals surface area contributed by atoms with Crippen LogP contribution >= 0.6 is 23.1 Å². The summed E-state index contributed by atoms with van der Waals surface area (Å²) in [5.74, 6) is 0.116. The standard InChI is InChI=1S/C10H15NOS2/c1-7-4-5-14-9(7)6-11-10(12)8(2)13-3/h4-5,8H,6H2,1-3H3,(H,11,12)/t8-/m1/s1. The summed E-state index contributed by atoms with van der Waals surface area (Å²) >= 11 is 3.25. The van der Waals surface area contributed by atoms with Gasteiger partial charge in [-0.15, -0.1) is 11.3 Å². The van der Waals surface area contributed by atoms with Gasteiger partial charge in [-0.1, -0.05) is 0 Å². The average Bonchev–Trinajstić information content (AvgIpc) is 2.59. The second kappa shape index (κ2) is 5.41. The third-order valence-corrected chi connectivity index (χ3v) is 4.06. The molecule has 1 heterocycles. The summed E-state index contributed by atoms with van der Waals surface area (Å²) < 4.78 is 0. The second-order valence-electron chi connectivity index (χ2n) is 3.12. The third kappa shape index (κ3) is 3.03. The molecule has 0 spiro atoms. The van der Waals surface area contributed by atoms with Crippen molar-refractivity contribution in [2.45, 2.75) is 25.6 Å². The van der Waals surface area contributed by atoms with Crippen LogP contribution in [0.25, 0.3) is 0 Å². The Bertz CT molecular complexity index is 309. The van der Waals surface area contributed by atoms with Gasteiger partial charge in [0.15, 0.2) is 0 Å². The van der Waals surface area contributed by atoms with Gasteiger partial charge in [0.05, 0.1) is 11.8 Å². The molecule has 0 aliphatic carbocycles. The van der Waals surface area contributed by atoms with E-state index in [2.05, 4.69) is 23.7 Å². The van der Waals surface area contributed by atoms with Crippen molar-refractivity contribution in [1.29, 1.82) is 0 Å². The Labute approximate surface area is 93.1 Å². The SMILES string of the molecule is CS[C@H](C)C(=O)NCc1sccc1C. The Morgan fingerprint density at radius 2 is 2.43 bits per heavy atom. The molecule has 0 bridgehead atoms. The van der Waals surface area contributed by atoms with Gasteiger partial charge in [-0.2, -0.15) is 11.8 Å². The van der Waals surface area contributed by atoms with Crippen molar-refractivity contribution in [3.63, 3.8) is 0 Å². The van der Waals surface area contributed by atoms with E-state index in [4.69, 9.17) is 0 Å². The fourth-order valence-corrected chi connectivity index (χ4v) is 2.15. The van der Waals surface area contributed by atoms with E-state index in [9.17, 15) is 4.79 Å². The van der Waals surface area contributed by atoms with Gasteiger partial charge in [-0.05, 0) is 37.1 Å². The van der Waals surface area contributed by atoms with Gasteiger partial charge in [-0.25, -0.2) is 0 Å². The molecule has 0 aromatic carbocycles. The molecule has 2 nitrogen and oxygen atoms in total. The number of nitrogens with one attached hydrogen (secondary N) is 1. The number of carbonyl (C=O) groups excluding carboxylic acids is 1. The zero-order valence-electron chi connectivity index (χ0n) is 8.66. The maximum Gasteiger partial charge on any atom is 0.233 e. The van der Waals surface area contributed by atoms with Gasteiger partial charge < -0.3 is 5.32 Å². The predicted octanol–water partition coefficient (Wildman–Crippen LogP) is 2.42. The summed E-state index contributed by atoms with van der Waals surface area (Å²) in [6, 6.07) is 2.07. The maximum absolute atomic E-state index is 11.5. The fourth-order valence-electron chi connectivity index (χ4n) is 1.00. The fraction of sp³-hybridized carbons (Fsp3) is 0.500. The molecular weight excluding hydrogens is 214 g/mol. The van der Waals surface area contributed by atoms with E-state index in [0.717, 1.165) is 0 Å². The molecule has 0 unspecified atom stereocenters. The van der Waals surface area contributed by atoms with Crippen molar-refractivity contribution in [2.24, 2.45) is 0 Å². The Kier molecular flexibility index (Phi) is 4.48. The lowest BCUT2D eigenvalue weighted by atomic mass is 10.3. The summed E-state index contributed by atoms with van der Waals surface area (Å²) in [5.41, 5.74) is 1.26. The van der Waals surface area contributed by atoms with Gasteiger partial charge in [0.1, 0.15) is 0 Å². The summed E-state index contributed by atoms with van der Waals surface area (Å²) in [6.07, 6.45) is 1.95. The van der Waals surface area contributed by atoms with E-state index in [1.54, 1.807) is 23.1 Å². The van der Waals surface area contributed by atoms with Crippen LogP contribution in [0.1, 0.15) is 17.4 Å². The highest BCUT2D eigenvalue weighted by Gasteiger charge is 2.10. The molecule has 1 amide bonds. The van der Waals surface area contributed by atoms with Crippen molar-refractivity contribution >= 4 is 29.0 Å². The number of hydrogen-bond donors (Lipinski definition) is 1. The minimum atomic E-state index is 0.0373. The van der Waals surface area contributed by atoms with E-state index >= 15 is 0 Å². The molecule has 14 heavy (non-hydrogen) atoms. The van der Waals surface area contributed by atoms with E-state index in [-0.39, 0.29) is 11.2 Å². The second-order valence-corrected chi connectivity index (χ2v) is 5.30. The van der Waals surface area contributed by atoms with Crippen LogP contribution in [0.15, 0.2) is 11.4 Å². The van der Waals surface area contributed by atoms with Crippen LogP contribution in [0.5, 0.6) is 0 Å². The van der Waals surface area contributed by atoms with Crippen LogP contribution in [0.3, 0.4) is 0 Å². The molecule has 1 atom stereocenters. The highest BCUT2D eigenvalue weighted by atomic mass is 32.2. The lowest BCUT2D eigenvalue weighted by molar-refractivity contribution is -0.120. The first kappa shape index (κ1) is 11.6. The Hall–Kier alpha value is -0.480. The number of amides is 1. The van der Waals surface area contributed by atoms with Gasteiger partial charge in [0.25, 0.3) is 0 Å². The van der Waals surface area contributed by atoms with Crippen molar-refractivity contribution in [1.82, 2.24) is 5.32 Å². The van der Waals surface area contributed by atoms with E-state index in [1.807, 2.05) is 13.2 Å². The van der Waals surface area contributed by atoms with Crippen LogP contribution in [-0.2, 0) is 11.3 Å². The number of aryl methyl sites for hydroxylation is 1. The molecule has 1 N–H and O–H groups in total. The van der Waals surface area contributed by atoms with E-state index < -0.39 is 0 Å². The van der Waals surface area contributed by atoms with Gasteiger partial charge >= 0.3 is 0 Å². The molecule has 78 valence electrons. The minimum Gasteiger partial charge on any atom is -0.350 e. The molecule has 0 radical (unpaired) electrons. The zero-order chi connectivity index (χ0) is 10.6. The molecule has 0 saturated heterocycles. The van der Waals surface area contributed by atoms with Crippen molar-refractivity contribution < 1.29 is 4.79 Å². The topological polar surface area (TPSA) is 29.1 Å². The third-order valence-electron chi connectivity index (χ3n) is 2.11. The summed E-state index contributed by atoms with van der Waals surface area (Å²) in [6.45, 7) is 4.64. The van der Waals surface area contributed by atoms with Crippen LogP contribution < -0.4 is 5.32 Å². The predicted molar refractivity (Wildman–Crippen MR) is 63.9 cm³/mol. The van der Waals surface area contributed by atoms with Gasteiger partial charge in [0.2, 0.25) is 5.91 Å². The smallest absolute Gasteiger partial charge is 0.233 e. The van der Waals surface area contributed by atoms with Crippen LogP contribution in [0.2, 0.25) is 0 Å². The molecule has 0 saturated carbocycles. The first-order valence-corrected chi connectivity index (χ1v) is 6.65. The highest BCUT2D eigenvalue weighted by molar-refractivity contribution is 7.99. The molecule has 1 rings (SSSR count). The maximum atomic E-state index is 11.5. The number of thiophene rings is 1. The van der Waals surface area contributed by atoms with Crippen LogP contribution in [0, 0.1) is 6.92 Å². The van der Waals surface area contributed by atoms with Gasteiger partial charge in [0, 0.05) is 4.88 Å². The molecule has 0 aliphatic heterocycles. The molecule has 1 aromatic rings. The Morgan fingerprint density at radius 3 is 2.93 bits per heavy atom. The average molecular weight is 229 g/mol. The summed E-state index contributed by atoms with van der Waals surface area (Å²) in [4.78, 5) is 12.7. The lowest BCUT2D eigenvalue weighted by Crippen LogP contribution is -2.30. The monoisotopic (exact) mass is 229 g/mol. The van der Waals surface area contributed by atoms with Crippen molar-refractivity contribution in [3.8, 4) is 0 Å². The molecule has 4 heteroatoms. The molecule has 1 aromatic heterocycles. The van der Waals surface area contributed by atoms with Crippen molar-refractivity contribution in [3.05, 3.63) is 21.9 Å². The Morgan fingerprint density at radius 1 is 1.71 bits per heavy atom. The summed E-state index contributed by atoms with van der Waals surface area (Å²) in [5, 5.41) is 5.01. The largest absolute Gasteiger partial charge is 0.350 e. The zero-order valence-corrected chi connectivity index (χ0v) is 10.3. The lowest BCUT2D eigenvalue weighted by Gasteiger charge is -2.08. The van der Waals surface area contributed by atoms with Crippen molar-refractivity contribution in [2.75, 3.05) is 6.26 Å².